The van der Waals surface area contributed by atoms with E-state index in [0.29, 0.717) is 12.1 Å². The molecule has 0 bridgehead atoms. The van der Waals surface area contributed by atoms with E-state index in [4.69, 9.17) is 5.11 Å². The van der Waals surface area contributed by atoms with Gasteiger partial charge in [-0.2, -0.15) is 18.3 Å². The number of alkyl halides is 3. The molecule has 0 saturated heterocycles. The standard InChI is InChI=1S/C10H15F3N2O/c1-9(2,6-16)5-7-4-8(10(11,12)13)14-15(7)3/h4,16H,5-6H2,1-3H3. The maximum atomic E-state index is 12.4. The lowest BCUT2D eigenvalue weighted by Gasteiger charge is -2.20. The van der Waals surface area contributed by atoms with Gasteiger partial charge in [-0.15, -0.1) is 0 Å². The van der Waals surface area contributed by atoms with Crippen LogP contribution in [-0.2, 0) is 19.6 Å². The monoisotopic (exact) mass is 236 g/mol. The van der Waals surface area contributed by atoms with E-state index >= 15 is 0 Å². The van der Waals surface area contributed by atoms with Crippen LogP contribution in [0.5, 0.6) is 0 Å². The van der Waals surface area contributed by atoms with Gasteiger partial charge in [0, 0.05) is 19.3 Å². The largest absolute Gasteiger partial charge is 0.435 e. The average Bonchev–Trinajstić information content (AvgIpc) is 2.47. The predicted molar refractivity (Wildman–Crippen MR) is 52.8 cm³/mol. The molecular weight excluding hydrogens is 221 g/mol. The number of hydrogen-bond donors (Lipinski definition) is 1. The topological polar surface area (TPSA) is 38.0 Å². The number of rotatable bonds is 3. The number of aliphatic hydroxyl groups excluding tert-OH is 1. The maximum Gasteiger partial charge on any atom is 0.435 e. The normalized spacial score (nSPS) is 13.2. The zero-order chi connectivity index (χ0) is 12.6. The third-order valence-electron chi connectivity index (χ3n) is 2.35. The minimum Gasteiger partial charge on any atom is -0.396 e. The van der Waals surface area contributed by atoms with E-state index in [9.17, 15) is 13.2 Å². The number of nitrogens with zero attached hydrogens (tertiary/aromatic N) is 2. The number of aliphatic hydroxyl groups is 1. The summed E-state index contributed by atoms with van der Waals surface area (Å²) in [6.45, 7) is 3.49. The third kappa shape index (κ3) is 2.98. The van der Waals surface area contributed by atoms with Gasteiger partial charge in [0.2, 0.25) is 0 Å². The zero-order valence-electron chi connectivity index (χ0n) is 9.47. The molecule has 0 aliphatic heterocycles. The second-order valence-electron chi connectivity index (χ2n) is 4.64. The van der Waals surface area contributed by atoms with Crippen molar-refractivity contribution in [2.75, 3.05) is 6.61 Å². The Hall–Kier alpha value is -1.04. The Bertz CT molecular complexity index is 369. The van der Waals surface area contributed by atoms with E-state index < -0.39 is 17.3 Å². The van der Waals surface area contributed by atoms with Gasteiger partial charge in [0.05, 0.1) is 0 Å². The van der Waals surface area contributed by atoms with Gasteiger partial charge in [-0.1, -0.05) is 13.8 Å². The lowest BCUT2D eigenvalue weighted by Crippen LogP contribution is -2.21. The quantitative estimate of drug-likeness (QED) is 0.871. The zero-order valence-corrected chi connectivity index (χ0v) is 9.47. The fourth-order valence-corrected chi connectivity index (χ4v) is 1.36. The molecule has 6 heteroatoms. The average molecular weight is 236 g/mol. The molecule has 0 amide bonds. The third-order valence-corrected chi connectivity index (χ3v) is 2.35. The van der Waals surface area contributed by atoms with Crippen LogP contribution in [0.25, 0.3) is 0 Å². The van der Waals surface area contributed by atoms with Crippen LogP contribution < -0.4 is 0 Å². The molecule has 1 aromatic rings. The van der Waals surface area contributed by atoms with Crippen LogP contribution in [0.2, 0.25) is 0 Å². The van der Waals surface area contributed by atoms with E-state index in [0.717, 1.165) is 6.07 Å². The Kier molecular flexibility index (Phi) is 3.33. The summed E-state index contributed by atoms with van der Waals surface area (Å²) >= 11 is 0. The number of aromatic nitrogens is 2. The van der Waals surface area contributed by atoms with Crippen LogP contribution in [0.4, 0.5) is 13.2 Å². The summed E-state index contributed by atoms with van der Waals surface area (Å²) in [6.07, 6.45) is -4.07. The molecule has 0 aromatic carbocycles. The predicted octanol–water partition coefficient (Wildman–Crippen LogP) is 2.00. The van der Waals surface area contributed by atoms with Crippen molar-refractivity contribution < 1.29 is 18.3 Å². The van der Waals surface area contributed by atoms with E-state index in [1.54, 1.807) is 13.8 Å². The van der Waals surface area contributed by atoms with Gasteiger partial charge in [0.15, 0.2) is 5.69 Å². The van der Waals surface area contributed by atoms with E-state index in [-0.39, 0.29) is 6.61 Å². The highest BCUT2D eigenvalue weighted by Gasteiger charge is 2.35. The summed E-state index contributed by atoms with van der Waals surface area (Å²) in [7, 11) is 1.47. The van der Waals surface area contributed by atoms with Gasteiger partial charge in [-0.3, -0.25) is 4.68 Å². The molecule has 0 unspecified atom stereocenters. The smallest absolute Gasteiger partial charge is 0.396 e. The minimum absolute atomic E-state index is 0.0838. The number of halogens is 3. The second-order valence-corrected chi connectivity index (χ2v) is 4.64. The summed E-state index contributed by atoms with van der Waals surface area (Å²) in [5, 5.41) is 12.5. The molecule has 1 heterocycles. The first-order valence-electron chi connectivity index (χ1n) is 4.87. The highest BCUT2D eigenvalue weighted by Crippen LogP contribution is 2.30. The molecule has 92 valence electrons. The summed E-state index contributed by atoms with van der Waals surface area (Å²) < 4.78 is 38.3. The first-order valence-corrected chi connectivity index (χ1v) is 4.87. The van der Waals surface area contributed by atoms with Gasteiger partial charge in [-0.05, 0) is 17.9 Å². The maximum absolute atomic E-state index is 12.4. The first-order chi connectivity index (χ1) is 7.15. The Morgan fingerprint density at radius 1 is 1.38 bits per heavy atom. The van der Waals surface area contributed by atoms with Crippen molar-refractivity contribution in [2.45, 2.75) is 26.4 Å². The molecule has 0 aliphatic carbocycles. The van der Waals surface area contributed by atoms with Crippen LogP contribution in [0.1, 0.15) is 25.2 Å². The first kappa shape index (κ1) is 13.0. The van der Waals surface area contributed by atoms with E-state index in [1.165, 1.54) is 11.7 Å². The summed E-state index contributed by atoms with van der Waals surface area (Å²) in [5.74, 6) is 0. The molecule has 0 fully saturated rings. The van der Waals surface area contributed by atoms with E-state index in [1.807, 2.05) is 0 Å². The van der Waals surface area contributed by atoms with Crippen molar-refractivity contribution in [1.29, 1.82) is 0 Å². The number of hydrogen-bond acceptors (Lipinski definition) is 2. The molecule has 1 aromatic heterocycles. The van der Waals surface area contributed by atoms with Crippen molar-refractivity contribution in [3.05, 3.63) is 17.5 Å². The lowest BCUT2D eigenvalue weighted by molar-refractivity contribution is -0.141. The van der Waals surface area contributed by atoms with E-state index in [2.05, 4.69) is 5.10 Å². The van der Waals surface area contributed by atoms with Gasteiger partial charge in [0.25, 0.3) is 0 Å². The van der Waals surface area contributed by atoms with Crippen LogP contribution >= 0.6 is 0 Å². The Labute approximate surface area is 91.9 Å². The summed E-state index contributed by atoms with van der Waals surface area (Å²) in [6, 6.07) is 1.03. The molecule has 1 N–H and O–H groups in total. The highest BCUT2D eigenvalue weighted by atomic mass is 19.4. The minimum atomic E-state index is -4.42. The van der Waals surface area contributed by atoms with Gasteiger partial charge in [0.1, 0.15) is 0 Å². The molecular formula is C10H15F3N2O. The second kappa shape index (κ2) is 4.08. The van der Waals surface area contributed by atoms with Crippen LogP contribution in [-0.4, -0.2) is 21.5 Å². The van der Waals surface area contributed by atoms with Crippen LogP contribution in [0, 0.1) is 5.41 Å². The van der Waals surface area contributed by atoms with Crippen molar-refractivity contribution in [3.8, 4) is 0 Å². The summed E-state index contributed by atoms with van der Waals surface area (Å²) in [4.78, 5) is 0. The number of aryl methyl sites for hydroxylation is 1. The fourth-order valence-electron chi connectivity index (χ4n) is 1.36. The Balaban J connectivity index is 2.95. The van der Waals surface area contributed by atoms with Crippen LogP contribution in [0.3, 0.4) is 0 Å². The molecule has 0 radical (unpaired) electrons. The van der Waals surface area contributed by atoms with Crippen molar-refractivity contribution in [1.82, 2.24) is 9.78 Å². The molecule has 1 rings (SSSR count). The van der Waals surface area contributed by atoms with Crippen molar-refractivity contribution in [2.24, 2.45) is 12.5 Å². The van der Waals surface area contributed by atoms with Crippen molar-refractivity contribution >= 4 is 0 Å². The molecule has 0 atom stereocenters. The van der Waals surface area contributed by atoms with Crippen LogP contribution in [0.15, 0.2) is 6.07 Å². The molecule has 0 spiro atoms. The molecule has 16 heavy (non-hydrogen) atoms. The lowest BCUT2D eigenvalue weighted by atomic mass is 9.89. The molecule has 3 nitrogen and oxygen atoms in total. The molecule has 0 saturated carbocycles. The fraction of sp³-hybridized carbons (Fsp3) is 0.700. The van der Waals surface area contributed by atoms with Crippen molar-refractivity contribution in [3.63, 3.8) is 0 Å². The Morgan fingerprint density at radius 3 is 2.31 bits per heavy atom. The summed E-state index contributed by atoms with van der Waals surface area (Å²) in [5.41, 5.74) is -0.874. The van der Waals surface area contributed by atoms with Gasteiger partial charge in [-0.25, -0.2) is 0 Å². The highest BCUT2D eigenvalue weighted by molar-refractivity contribution is 5.14. The Morgan fingerprint density at radius 2 is 1.94 bits per heavy atom. The molecule has 0 aliphatic rings. The SMILES string of the molecule is Cn1nc(C(F)(F)F)cc1CC(C)(C)CO. The van der Waals surface area contributed by atoms with Gasteiger partial charge < -0.3 is 5.11 Å². The van der Waals surface area contributed by atoms with Gasteiger partial charge >= 0.3 is 6.18 Å².